The van der Waals surface area contributed by atoms with E-state index in [0.29, 0.717) is 19.3 Å². The molecule has 2 saturated heterocycles. The van der Waals surface area contributed by atoms with Gasteiger partial charge in [-0.25, -0.2) is 0 Å². The third-order valence-electron chi connectivity index (χ3n) is 6.48. The summed E-state index contributed by atoms with van der Waals surface area (Å²) in [6.07, 6.45) is 5.38. The van der Waals surface area contributed by atoms with Crippen LogP contribution >= 0.6 is 0 Å². The van der Waals surface area contributed by atoms with Crippen molar-refractivity contribution in [3.8, 4) is 11.3 Å². The third kappa shape index (κ3) is 4.92. The summed E-state index contributed by atoms with van der Waals surface area (Å²) in [4.78, 5) is 2.34. The molecule has 2 aromatic heterocycles. The lowest BCUT2D eigenvalue weighted by atomic mass is 9.87. The van der Waals surface area contributed by atoms with Gasteiger partial charge in [0, 0.05) is 37.7 Å². The molecular formula is C25H30N2O4. The van der Waals surface area contributed by atoms with Crippen molar-refractivity contribution >= 4 is 0 Å². The van der Waals surface area contributed by atoms with Crippen molar-refractivity contribution in [3.63, 3.8) is 0 Å². The van der Waals surface area contributed by atoms with Crippen LogP contribution in [0.5, 0.6) is 0 Å². The predicted octanol–water partition coefficient (Wildman–Crippen LogP) is 4.75. The zero-order chi connectivity index (χ0) is 21.1. The first kappa shape index (κ1) is 20.5. The van der Waals surface area contributed by atoms with Crippen LogP contribution in [-0.4, -0.2) is 40.5 Å². The highest BCUT2D eigenvalue weighted by atomic mass is 16.5. The van der Waals surface area contributed by atoms with Crippen molar-refractivity contribution in [1.82, 2.24) is 10.1 Å². The van der Waals surface area contributed by atoms with E-state index >= 15 is 0 Å². The van der Waals surface area contributed by atoms with Gasteiger partial charge in [-0.2, -0.15) is 0 Å². The molecule has 0 bridgehead atoms. The van der Waals surface area contributed by atoms with E-state index in [1.165, 1.54) is 6.42 Å². The van der Waals surface area contributed by atoms with E-state index in [4.69, 9.17) is 13.7 Å². The average Bonchev–Trinajstić information content (AvgIpc) is 3.47. The molecule has 5 rings (SSSR count). The fraction of sp³-hybridized carbons (Fsp3) is 0.480. The van der Waals surface area contributed by atoms with Gasteiger partial charge in [0.1, 0.15) is 29.1 Å². The molecule has 4 heterocycles. The summed E-state index contributed by atoms with van der Waals surface area (Å²) in [5.74, 6) is 2.65. The maximum Gasteiger partial charge on any atom is 0.140 e. The predicted molar refractivity (Wildman–Crippen MR) is 116 cm³/mol. The zero-order valence-corrected chi connectivity index (χ0v) is 17.8. The Morgan fingerprint density at radius 2 is 1.87 bits per heavy atom. The molecule has 0 spiro atoms. The van der Waals surface area contributed by atoms with E-state index in [1.54, 1.807) is 0 Å². The molecule has 2 aliphatic rings. The van der Waals surface area contributed by atoms with E-state index < -0.39 is 5.60 Å². The van der Waals surface area contributed by atoms with Crippen LogP contribution < -0.4 is 0 Å². The van der Waals surface area contributed by atoms with Gasteiger partial charge < -0.3 is 18.8 Å². The Bertz CT molecular complexity index is 966. The lowest BCUT2D eigenvalue weighted by Gasteiger charge is -2.37. The number of benzene rings is 1. The maximum atomic E-state index is 11.1. The molecule has 0 radical (unpaired) electrons. The molecule has 1 aromatic carbocycles. The number of hydrogen-bond donors (Lipinski definition) is 1. The summed E-state index contributed by atoms with van der Waals surface area (Å²) in [5.41, 5.74) is 1.08. The molecule has 2 fully saturated rings. The lowest BCUT2D eigenvalue weighted by molar-refractivity contribution is -0.0283. The summed E-state index contributed by atoms with van der Waals surface area (Å²) in [6, 6.07) is 16.0. The molecule has 0 aliphatic carbocycles. The fourth-order valence-corrected chi connectivity index (χ4v) is 4.61. The highest BCUT2D eigenvalue weighted by Crippen LogP contribution is 2.31. The van der Waals surface area contributed by atoms with Gasteiger partial charge in [0.15, 0.2) is 0 Å². The van der Waals surface area contributed by atoms with Gasteiger partial charge in [0.25, 0.3) is 0 Å². The highest BCUT2D eigenvalue weighted by molar-refractivity contribution is 5.58. The van der Waals surface area contributed by atoms with Crippen molar-refractivity contribution in [2.24, 2.45) is 0 Å². The topological polar surface area (TPSA) is 71.9 Å². The van der Waals surface area contributed by atoms with Crippen molar-refractivity contribution in [1.29, 1.82) is 0 Å². The fourth-order valence-electron chi connectivity index (χ4n) is 4.61. The van der Waals surface area contributed by atoms with Gasteiger partial charge in [-0.3, -0.25) is 4.90 Å². The Hall–Kier alpha value is -2.41. The van der Waals surface area contributed by atoms with Crippen molar-refractivity contribution in [2.75, 3.05) is 19.7 Å². The molecular weight excluding hydrogens is 392 g/mol. The Kier molecular flexibility index (Phi) is 5.94. The Balaban J connectivity index is 1.14. The second kappa shape index (κ2) is 8.99. The summed E-state index contributed by atoms with van der Waals surface area (Å²) in [6.45, 7) is 3.24. The maximum absolute atomic E-state index is 11.1. The zero-order valence-electron chi connectivity index (χ0n) is 17.8. The molecule has 31 heavy (non-hydrogen) atoms. The van der Waals surface area contributed by atoms with Crippen molar-refractivity contribution in [2.45, 2.75) is 56.8 Å². The van der Waals surface area contributed by atoms with Crippen molar-refractivity contribution in [3.05, 3.63) is 65.8 Å². The standard InChI is InChI=1S/C25H30N2O4/c28-25(17-21-16-22(26-31-21)19-6-2-1-3-7-19)11-13-27(14-12-25)18-20-9-10-24(30-20)23-8-4-5-15-29-23/h1-3,6-7,9-10,16,23,28H,4-5,8,11-15,17-18H2. The number of aliphatic hydroxyl groups is 1. The molecule has 0 saturated carbocycles. The second-order valence-electron chi connectivity index (χ2n) is 8.88. The normalized spacial score (nSPS) is 21.9. The molecule has 2 aliphatic heterocycles. The number of aromatic nitrogens is 1. The van der Waals surface area contributed by atoms with Crippen LogP contribution in [0.2, 0.25) is 0 Å². The van der Waals surface area contributed by atoms with Crippen LogP contribution in [0, 0.1) is 0 Å². The van der Waals surface area contributed by atoms with Crippen LogP contribution in [-0.2, 0) is 17.7 Å². The molecule has 1 atom stereocenters. The first-order valence-corrected chi connectivity index (χ1v) is 11.3. The molecule has 0 amide bonds. The summed E-state index contributed by atoms with van der Waals surface area (Å²) in [5, 5.41) is 15.3. The number of hydrogen-bond acceptors (Lipinski definition) is 6. The molecule has 164 valence electrons. The third-order valence-corrected chi connectivity index (χ3v) is 6.48. The smallest absolute Gasteiger partial charge is 0.140 e. The van der Waals surface area contributed by atoms with Crippen LogP contribution in [0.15, 0.2) is 57.5 Å². The van der Waals surface area contributed by atoms with Gasteiger partial charge in [-0.15, -0.1) is 0 Å². The van der Waals surface area contributed by atoms with E-state index in [-0.39, 0.29) is 6.10 Å². The minimum atomic E-state index is -0.756. The molecule has 6 nitrogen and oxygen atoms in total. The van der Waals surface area contributed by atoms with E-state index in [1.807, 2.05) is 36.4 Å². The number of furan rings is 1. The van der Waals surface area contributed by atoms with E-state index in [0.717, 1.165) is 67.6 Å². The summed E-state index contributed by atoms with van der Waals surface area (Å²) in [7, 11) is 0. The minimum Gasteiger partial charge on any atom is -0.462 e. The first-order valence-electron chi connectivity index (χ1n) is 11.3. The molecule has 1 unspecified atom stereocenters. The first-order chi connectivity index (χ1) is 15.2. The van der Waals surface area contributed by atoms with Gasteiger partial charge in [-0.05, 0) is 44.2 Å². The SMILES string of the molecule is OC1(Cc2cc(-c3ccccc3)no2)CCN(Cc2ccc(C3CCCCO3)o2)CC1. The number of rotatable bonds is 6. The largest absolute Gasteiger partial charge is 0.462 e. The number of ether oxygens (including phenoxy) is 1. The van der Waals surface area contributed by atoms with Crippen LogP contribution in [0.1, 0.15) is 55.5 Å². The van der Waals surface area contributed by atoms with Crippen LogP contribution in [0.4, 0.5) is 0 Å². The Morgan fingerprint density at radius 3 is 2.65 bits per heavy atom. The number of likely N-dealkylation sites (tertiary alicyclic amines) is 1. The monoisotopic (exact) mass is 422 g/mol. The number of piperidine rings is 1. The van der Waals surface area contributed by atoms with Crippen LogP contribution in [0.3, 0.4) is 0 Å². The Morgan fingerprint density at radius 1 is 1.03 bits per heavy atom. The van der Waals surface area contributed by atoms with Gasteiger partial charge >= 0.3 is 0 Å². The summed E-state index contributed by atoms with van der Waals surface area (Å²) >= 11 is 0. The van der Waals surface area contributed by atoms with Crippen molar-refractivity contribution < 1.29 is 18.8 Å². The van der Waals surface area contributed by atoms with Gasteiger partial charge in [0.2, 0.25) is 0 Å². The van der Waals surface area contributed by atoms with Gasteiger partial charge in [-0.1, -0.05) is 35.5 Å². The number of nitrogens with zero attached hydrogens (tertiary/aromatic N) is 2. The Labute approximate surface area is 182 Å². The van der Waals surface area contributed by atoms with E-state index in [9.17, 15) is 5.11 Å². The summed E-state index contributed by atoms with van der Waals surface area (Å²) < 4.78 is 17.4. The van der Waals surface area contributed by atoms with E-state index in [2.05, 4.69) is 22.2 Å². The molecule has 1 N–H and O–H groups in total. The quantitative estimate of drug-likeness (QED) is 0.618. The lowest BCUT2D eigenvalue weighted by Crippen LogP contribution is -2.45. The highest BCUT2D eigenvalue weighted by Gasteiger charge is 2.34. The molecule has 3 aromatic rings. The van der Waals surface area contributed by atoms with Crippen LogP contribution in [0.25, 0.3) is 11.3 Å². The second-order valence-corrected chi connectivity index (χ2v) is 8.88. The van der Waals surface area contributed by atoms with Gasteiger partial charge in [0.05, 0.1) is 12.1 Å². The molecule has 6 heteroatoms. The average molecular weight is 423 g/mol. The minimum absolute atomic E-state index is 0.108.